The van der Waals surface area contributed by atoms with E-state index >= 15 is 0 Å². The molecule has 4 heterocycles. The summed E-state index contributed by atoms with van der Waals surface area (Å²) < 4.78 is 71.3. The number of nitrogens with zero attached hydrogens (tertiary/aromatic N) is 4. The molecule has 14 nitrogen and oxygen atoms in total. The molecule has 2 N–H and O–H groups in total. The molecular formula is C46H56N6O8S2. The van der Waals surface area contributed by atoms with Crippen LogP contribution in [0.2, 0.25) is 0 Å². The Morgan fingerprint density at radius 2 is 1.15 bits per heavy atom. The van der Waals surface area contributed by atoms with Crippen molar-refractivity contribution in [3.05, 3.63) is 107 Å². The number of benzene rings is 2. The first-order valence-corrected chi connectivity index (χ1v) is 24.6. The molecule has 2 atom stereocenters. The molecule has 2 aromatic carbocycles. The largest absolute Gasteiger partial charge is 0.474 e. The summed E-state index contributed by atoms with van der Waals surface area (Å²) in [6.45, 7) is 7.64. The molecule has 4 aromatic rings. The normalized spacial score (nSPS) is 24.4. The molecule has 330 valence electrons. The Balaban J connectivity index is 0.863. The van der Waals surface area contributed by atoms with Gasteiger partial charge >= 0.3 is 0 Å². The summed E-state index contributed by atoms with van der Waals surface area (Å²) in [6.07, 6.45) is 8.14. The molecule has 2 aromatic heterocycles. The molecule has 4 aliphatic rings. The minimum atomic E-state index is -3.79. The molecule has 0 radical (unpaired) electrons. The molecule has 2 unspecified atom stereocenters. The van der Waals surface area contributed by atoms with Gasteiger partial charge in [-0.15, -0.1) is 0 Å². The minimum absolute atomic E-state index is 0.00718. The Morgan fingerprint density at radius 1 is 0.661 bits per heavy atom. The van der Waals surface area contributed by atoms with Crippen molar-refractivity contribution in [1.29, 1.82) is 0 Å². The van der Waals surface area contributed by atoms with Crippen LogP contribution < -0.4 is 18.9 Å². The molecule has 2 saturated carbocycles. The fraction of sp³-hybridized carbons (Fsp3) is 0.478. The van der Waals surface area contributed by atoms with Crippen LogP contribution in [-0.4, -0.2) is 98.9 Å². The summed E-state index contributed by atoms with van der Waals surface area (Å²) in [5.41, 5.74) is 3.92. The first kappa shape index (κ1) is 43.7. The van der Waals surface area contributed by atoms with Crippen molar-refractivity contribution >= 4 is 31.9 Å². The lowest BCUT2D eigenvalue weighted by molar-refractivity contribution is -0.131. The van der Waals surface area contributed by atoms with Crippen molar-refractivity contribution in [2.75, 3.05) is 26.2 Å². The molecule has 0 bridgehead atoms. The summed E-state index contributed by atoms with van der Waals surface area (Å²) >= 11 is 0. The van der Waals surface area contributed by atoms with Gasteiger partial charge in [-0.1, -0.05) is 42.0 Å². The van der Waals surface area contributed by atoms with Gasteiger partial charge in [-0.3, -0.25) is 9.59 Å². The summed E-state index contributed by atoms with van der Waals surface area (Å²) in [5.74, 6) is 1.49. The topological polar surface area (TPSA) is 177 Å². The number of piperidine rings is 2. The Hall–Kier alpha value is -4.90. The van der Waals surface area contributed by atoms with Crippen molar-refractivity contribution in [3.8, 4) is 11.8 Å². The van der Waals surface area contributed by atoms with Gasteiger partial charge in [0.2, 0.25) is 43.6 Å². The maximum atomic E-state index is 13.5. The number of aromatic nitrogens is 2. The van der Waals surface area contributed by atoms with Gasteiger partial charge in [0.25, 0.3) is 0 Å². The maximum Gasteiger partial charge on any atom is 0.240 e. The van der Waals surface area contributed by atoms with E-state index in [0.717, 1.165) is 35.1 Å². The Bertz CT molecular complexity index is 2450. The number of aryl methyl sites for hydroxylation is 1. The lowest BCUT2D eigenvalue weighted by Crippen LogP contribution is -2.49. The Morgan fingerprint density at radius 3 is 1.68 bits per heavy atom. The predicted octanol–water partition coefficient (Wildman–Crippen LogP) is 5.48. The van der Waals surface area contributed by atoms with Gasteiger partial charge in [-0.05, 0) is 92.3 Å². The molecule has 8 rings (SSSR count). The van der Waals surface area contributed by atoms with Gasteiger partial charge in [0.15, 0.2) is 0 Å². The molecule has 16 heteroatoms. The number of rotatable bonds is 14. The average molecular weight is 885 g/mol. The van der Waals surface area contributed by atoms with E-state index in [4.69, 9.17) is 9.47 Å². The van der Waals surface area contributed by atoms with Crippen LogP contribution >= 0.6 is 0 Å². The highest BCUT2D eigenvalue weighted by molar-refractivity contribution is 7.89. The van der Waals surface area contributed by atoms with Gasteiger partial charge in [-0.25, -0.2) is 36.2 Å². The number of carbonyl (C=O) groups excluding carboxylic acids is 2. The smallest absolute Gasteiger partial charge is 0.240 e. The number of hydrogen-bond donors (Lipinski definition) is 2. The van der Waals surface area contributed by atoms with E-state index in [1.165, 1.54) is 0 Å². The first-order valence-electron chi connectivity index (χ1n) is 21.6. The minimum Gasteiger partial charge on any atom is -0.474 e. The zero-order valence-electron chi connectivity index (χ0n) is 35.5. The number of amides is 2. The van der Waals surface area contributed by atoms with E-state index in [2.05, 4.69) is 19.4 Å². The Kier molecular flexibility index (Phi) is 13.0. The zero-order chi connectivity index (χ0) is 43.6. The second-order valence-electron chi connectivity index (χ2n) is 17.4. The van der Waals surface area contributed by atoms with Crippen molar-refractivity contribution in [2.24, 2.45) is 5.92 Å². The van der Waals surface area contributed by atoms with E-state index in [1.807, 2.05) is 53.1 Å². The molecular weight excluding hydrogens is 829 g/mol. The number of pyridine rings is 2. The van der Waals surface area contributed by atoms with E-state index in [1.54, 1.807) is 62.6 Å². The fourth-order valence-electron chi connectivity index (χ4n) is 9.27. The second-order valence-corrected chi connectivity index (χ2v) is 20.8. The quantitative estimate of drug-likeness (QED) is 0.165. The number of nitrogens with one attached hydrogen (secondary N) is 2. The first-order chi connectivity index (χ1) is 29.7. The SMILES string of the molecule is CC(=O)N1CCC(c2cccnc2OC2CC(NS(=O)(=O)c3ccc(CC4CN(C(C)=O)CCC4c4cccnc4OC4CC(NS(=O)(=O)c5ccc(C)cc5)C4)cc3)C2)CC1. The summed E-state index contributed by atoms with van der Waals surface area (Å²) in [4.78, 5) is 37.7. The third-order valence-electron chi connectivity index (χ3n) is 13.0. The maximum absolute atomic E-state index is 13.5. The number of ether oxygens (including phenoxy) is 2. The van der Waals surface area contributed by atoms with Crippen molar-refractivity contribution < 1.29 is 35.9 Å². The van der Waals surface area contributed by atoms with Gasteiger partial charge in [-0.2, -0.15) is 0 Å². The van der Waals surface area contributed by atoms with E-state index in [0.29, 0.717) is 76.5 Å². The van der Waals surface area contributed by atoms with Gasteiger partial charge in [0.05, 0.1) is 9.79 Å². The lowest BCUT2D eigenvalue weighted by Gasteiger charge is -2.40. The highest BCUT2D eigenvalue weighted by atomic mass is 32.2. The average Bonchev–Trinajstić information content (AvgIpc) is 3.23. The number of carbonyl (C=O) groups is 2. The van der Waals surface area contributed by atoms with E-state index < -0.39 is 20.0 Å². The van der Waals surface area contributed by atoms with Crippen molar-refractivity contribution in [2.45, 2.75) is 118 Å². The standard InChI is InChI=1S/C46H56N6O8S2/c1-30-8-12-40(13-9-30)61(55,56)49-37-27-39(28-37)60-46-44(7-5-20-48-46)42-18-23-52(32(3)54)29-35(42)24-33-10-14-41(15-11-33)62(57,58)50-36-25-38(26-36)59-45-43(6-4-19-47-45)34-16-21-51(22-17-34)31(2)53/h4-15,19-20,34-39,42,49-50H,16-18,21-29H2,1-3H3. The van der Waals surface area contributed by atoms with Crippen molar-refractivity contribution in [1.82, 2.24) is 29.2 Å². The molecule has 2 amide bonds. The van der Waals surface area contributed by atoms with E-state index in [-0.39, 0.29) is 63.7 Å². The van der Waals surface area contributed by atoms with Crippen LogP contribution in [0.25, 0.3) is 0 Å². The summed E-state index contributed by atoms with van der Waals surface area (Å²) in [7, 11) is -7.44. The molecule has 4 fully saturated rings. The van der Waals surface area contributed by atoms with Crippen LogP contribution in [0.15, 0.2) is 95.0 Å². The summed E-state index contributed by atoms with van der Waals surface area (Å²) in [5, 5.41) is 0. The van der Waals surface area contributed by atoms with Crippen molar-refractivity contribution in [3.63, 3.8) is 0 Å². The second kappa shape index (κ2) is 18.4. The van der Waals surface area contributed by atoms with Crippen LogP contribution in [0, 0.1) is 12.8 Å². The third kappa shape index (κ3) is 10.1. The molecule has 2 aliphatic carbocycles. The van der Waals surface area contributed by atoms with Crippen LogP contribution in [-0.2, 0) is 36.1 Å². The van der Waals surface area contributed by atoms with Gasteiger partial charge in [0, 0.05) is 101 Å². The molecule has 0 spiro atoms. The highest BCUT2D eigenvalue weighted by Gasteiger charge is 2.39. The number of sulfonamides is 2. The molecule has 2 saturated heterocycles. The lowest BCUT2D eigenvalue weighted by atomic mass is 9.77. The number of likely N-dealkylation sites (tertiary alicyclic amines) is 2. The fourth-order valence-corrected chi connectivity index (χ4v) is 11.8. The van der Waals surface area contributed by atoms with Crippen LogP contribution in [0.5, 0.6) is 11.8 Å². The highest BCUT2D eigenvalue weighted by Crippen LogP contribution is 2.41. The molecule has 2 aliphatic heterocycles. The number of hydrogen-bond acceptors (Lipinski definition) is 10. The predicted molar refractivity (Wildman–Crippen MR) is 233 cm³/mol. The van der Waals surface area contributed by atoms with E-state index in [9.17, 15) is 26.4 Å². The van der Waals surface area contributed by atoms with Gasteiger partial charge in [0.1, 0.15) is 12.2 Å². The Labute approximate surface area is 364 Å². The van der Waals surface area contributed by atoms with Crippen LogP contribution in [0.3, 0.4) is 0 Å². The zero-order valence-corrected chi connectivity index (χ0v) is 37.1. The summed E-state index contributed by atoms with van der Waals surface area (Å²) in [6, 6.07) is 21.1. The van der Waals surface area contributed by atoms with Crippen LogP contribution in [0.1, 0.15) is 92.9 Å². The third-order valence-corrected chi connectivity index (χ3v) is 16.1. The molecule has 62 heavy (non-hydrogen) atoms. The monoisotopic (exact) mass is 884 g/mol. The van der Waals surface area contributed by atoms with Crippen LogP contribution in [0.4, 0.5) is 0 Å². The van der Waals surface area contributed by atoms with Gasteiger partial charge < -0.3 is 19.3 Å².